The molecule has 0 saturated heterocycles. The fraction of sp³-hybridized carbons (Fsp3) is 1.00. The molecule has 0 fully saturated rings. The second-order valence-corrected chi connectivity index (χ2v) is 12.3. The van der Waals surface area contributed by atoms with E-state index in [1.165, 1.54) is 70.3 Å². The molecule has 0 spiro atoms. The number of unbranched alkanes of at least 4 members (excludes halogenated alkanes) is 9. The molecule has 116 valence electrons. The molecule has 0 bridgehead atoms. The Kier molecular flexibility index (Phi) is 19.5. The molecule has 0 saturated carbocycles. The highest BCUT2D eigenvalue weighted by molar-refractivity contribution is 6.44. The van der Waals surface area contributed by atoms with Gasteiger partial charge in [0.25, 0.3) is 20.0 Å². The quantitative estimate of drug-likeness (QED) is 0.307. The third-order valence-corrected chi connectivity index (χ3v) is 8.15. The largest absolute Gasteiger partial charge is 0.449 e. The van der Waals surface area contributed by atoms with Crippen molar-refractivity contribution < 1.29 is 12.3 Å². The fourth-order valence-corrected chi connectivity index (χ4v) is 7.92. The highest BCUT2D eigenvalue weighted by Gasteiger charge is 1.94. The maximum Gasteiger partial charge on any atom is 0.284 e. The van der Waals surface area contributed by atoms with Crippen LogP contribution in [0.15, 0.2) is 0 Å². The van der Waals surface area contributed by atoms with Crippen molar-refractivity contribution in [2.75, 3.05) is 0 Å². The van der Waals surface area contributed by atoms with Crippen LogP contribution in [0.1, 0.15) is 71.1 Å². The monoisotopic (exact) mass is 338 g/mol. The average molecular weight is 339 g/mol. The van der Waals surface area contributed by atoms with Crippen LogP contribution in [0.25, 0.3) is 0 Å². The van der Waals surface area contributed by atoms with Crippen molar-refractivity contribution in [2.24, 2.45) is 0 Å². The Hall–Kier alpha value is 0.748. The fourth-order valence-electron chi connectivity index (χ4n) is 2.10. The zero-order valence-electron chi connectivity index (χ0n) is 13.1. The molecule has 0 aromatic heterocycles. The van der Waals surface area contributed by atoms with E-state index in [2.05, 4.69) is 6.92 Å². The molecule has 7 heteroatoms. The van der Waals surface area contributed by atoms with Gasteiger partial charge >= 0.3 is 0 Å². The minimum atomic E-state index is -0.637. The molecule has 19 heavy (non-hydrogen) atoms. The van der Waals surface area contributed by atoms with E-state index in [0.29, 0.717) is 0 Å². The van der Waals surface area contributed by atoms with Gasteiger partial charge in [-0.3, -0.25) is 0 Å². The molecule has 0 N–H and O–H groups in total. The molecule has 0 aromatic rings. The molecule has 0 heterocycles. The van der Waals surface area contributed by atoms with Gasteiger partial charge in [0.15, 0.2) is 0 Å². The van der Waals surface area contributed by atoms with Crippen LogP contribution in [0.2, 0.25) is 6.04 Å². The minimum absolute atomic E-state index is 0.255. The second kappa shape index (κ2) is 18.7. The summed E-state index contributed by atoms with van der Waals surface area (Å²) in [5.74, 6) is 0. The van der Waals surface area contributed by atoms with Crippen LogP contribution in [0.4, 0.5) is 0 Å². The molecule has 0 radical (unpaired) electrons. The molecule has 0 atom stereocenters. The Bertz CT molecular complexity index is 148. The summed E-state index contributed by atoms with van der Waals surface area (Å²) in [4.78, 5) is 0. The first kappa shape index (κ1) is 19.7. The van der Waals surface area contributed by atoms with Crippen molar-refractivity contribution in [1.82, 2.24) is 0 Å². The maximum absolute atomic E-state index is 5.64. The van der Waals surface area contributed by atoms with E-state index in [4.69, 9.17) is 12.3 Å². The zero-order valence-corrected chi connectivity index (χ0v) is 19.4. The van der Waals surface area contributed by atoms with Gasteiger partial charge < -0.3 is 12.3 Å². The van der Waals surface area contributed by atoms with E-state index in [0.717, 1.165) is 10.5 Å². The predicted molar refractivity (Wildman–Crippen MR) is 95.5 cm³/mol. The molecule has 3 nitrogen and oxygen atoms in total. The van der Waals surface area contributed by atoms with E-state index in [9.17, 15) is 0 Å². The van der Waals surface area contributed by atoms with Crippen molar-refractivity contribution in [3.63, 3.8) is 0 Å². The zero-order chi connectivity index (χ0) is 14.0. The predicted octanol–water partition coefficient (Wildman–Crippen LogP) is 0.737. The Morgan fingerprint density at radius 2 is 1.32 bits per heavy atom. The first-order chi connectivity index (χ1) is 9.41. The summed E-state index contributed by atoms with van der Waals surface area (Å²) < 4.78 is 16.1. The lowest BCUT2D eigenvalue weighted by molar-refractivity contribution is 0.437. The smallest absolute Gasteiger partial charge is 0.284 e. The highest BCUT2D eigenvalue weighted by atomic mass is 28.4. The summed E-state index contributed by atoms with van der Waals surface area (Å²) in [6.07, 6.45) is 14.2. The van der Waals surface area contributed by atoms with Gasteiger partial charge in [-0.25, -0.2) is 0 Å². The second-order valence-electron chi connectivity index (χ2n) is 5.17. The van der Waals surface area contributed by atoms with Crippen LogP contribution in [0.5, 0.6) is 0 Å². The summed E-state index contributed by atoms with van der Waals surface area (Å²) in [5, 5.41) is 0. The lowest BCUT2D eigenvalue weighted by atomic mass is 10.1. The van der Waals surface area contributed by atoms with Gasteiger partial charge in [0.05, 0.1) is 0 Å². The SMILES string of the molecule is CCCCCCCCCCCC[SiH2]O[SiH2]O[SiH2]O[SiH3]. The van der Waals surface area contributed by atoms with Crippen LogP contribution >= 0.6 is 0 Å². The van der Waals surface area contributed by atoms with Gasteiger partial charge in [0.2, 0.25) is 0 Å². The molecule has 0 aliphatic rings. The minimum Gasteiger partial charge on any atom is -0.449 e. The maximum atomic E-state index is 5.64. The van der Waals surface area contributed by atoms with E-state index in [1.807, 2.05) is 0 Å². The molecular weight excluding hydrogens is 304 g/mol. The van der Waals surface area contributed by atoms with Gasteiger partial charge in [0, 0.05) is 0 Å². The van der Waals surface area contributed by atoms with E-state index >= 15 is 0 Å². The van der Waals surface area contributed by atoms with Gasteiger partial charge in [-0.15, -0.1) is 0 Å². The lowest BCUT2D eigenvalue weighted by Crippen LogP contribution is -2.12. The Balaban J connectivity index is 2.88. The van der Waals surface area contributed by atoms with E-state index in [-0.39, 0.29) is 9.76 Å². The first-order valence-corrected chi connectivity index (χ1v) is 12.8. The van der Waals surface area contributed by atoms with E-state index < -0.39 is 20.0 Å². The van der Waals surface area contributed by atoms with Gasteiger partial charge in [-0.05, 0) is 6.04 Å². The summed E-state index contributed by atoms with van der Waals surface area (Å²) in [6, 6.07) is 1.34. The van der Waals surface area contributed by atoms with Crippen molar-refractivity contribution in [3.8, 4) is 0 Å². The van der Waals surface area contributed by atoms with Crippen LogP contribution in [-0.2, 0) is 12.3 Å². The molecule has 0 rings (SSSR count). The van der Waals surface area contributed by atoms with Crippen molar-refractivity contribution in [3.05, 3.63) is 0 Å². The standard InChI is InChI=1S/C12H34O3Si4/c1-2-3-4-5-6-7-8-9-10-11-12-17-14-19-15-18-13-16/h2-12,17-19H2,1,16H3. The van der Waals surface area contributed by atoms with Crippen molar-refractivity contribution in [2.45, 2.75) is 77.2 Å². The summed E-state index contributed by atoms with van der Waals surface area (Å²) in [7, 11) is -0.687. The molecule has 0 amide bonds. The van der Waals surface area contributed by atoms with Crippen molar-refractivity contribution >= 4 is 40.3 Å². The number of hydrogen-bond acceptors (Lipinski definition) is 3. The number of rotatable bonds is 16. The van der Waals surface area contributed by atoms with Crippen LogP contribution < -0.4 is 0 Å². The molecule has 0 aliphatic heterocycles. The normalized spacial score (nSPS) is 13.1. The van der Waals surface area contributed by atoms with Gasteiger partial charge in [-0.2, -0.15) is 0 Å². The van der Waals surface area contributed by atoms with Gasteiger partial charge in [0.1, 0.15) is 20.2 Å². The summed E-state index contributed by atoms with van der Waals surface area (Å²) in [5.41, 5.74) is 0. The Morgan fingerprint density at radius 3 is 1.89 bits per heavy atom. The average Bonchev–Trinajstić information content (AvgIpc) is 2.43. The van der Waals surface area contributed by atoms with Crippen LogP contribution in [0, 0.1) is 0 Å². The van der Waals surface area contributed by atoms with Gasteiger partial charge in [-0.1, -0.05) is 71.1 Å². The summed E-state index contributed by atoms with van der Waals surface area (Å²) in [6.45, 7) is 2.28. The summed E-state index contributed by atoms with van der Waals surface area (Å²) >= 11 is 0. The number of hydrogen-bond donors (Lipinski definition) is 0. The third kappa shape index (κ3) is 18.7. The Morgan fingerprint density at radius 1 is 0.737 bits per heavy atom. The van der Waals surface area contributed by atoms with Crippen molar-refractivity contribution in [1.29, 1.82) is 0 Å². The third-order valence-electron chi connectivity index (χ3n) is 3.26. The highest BCUT2D eigenvalue weighted by Crippen LogP contribution is 2.11. The van der Waals surface area contributed by atoms with Crippen LogP contribution in [0.3, 0.4) is 0 Å². The molecule has 0 aromatic carbocycles. The molecular formula is C12H34O3Si4. The van der Waals surface area contributed by atoms with E-state index in [1.54, 1.807) is 0 Å². The molecule has 0 aliphatic carbocycles. The molecule has 0 unspecified atom stereocenters. The first-order valence-electron chi connectivity index (χ1n) is 8.06. The lowest BCUT2D eigenvalue weighted by Gasteiger charge is -2.04. The Labute approximate surface area is 130 Å². The van der Waals surface area contributed by atoms with Crippen LogP contribution in [-0.4, -0.2) is 40.3 Å². The topological polar surface area (TPSA) is 27.7 Å².